The minimum atomic E-state index is -1.28. The van der Waals surface area contributed by atoms with Crippen molar-refractivity contribution in [2.45, 2.75) is 116 Å². The van der Waals surface area contributed by atoms with Gasteiger partial charge in [-0.05, 0) is 42.2 Å². The van der Waals surface area contributed by atoms with Crippen LogP contribution in [0, 0.1) is 11.8 Å². The van der Waals surface area contributed by atoms with Crippen molar-refractivity contribution in [2.75, 3.05) is 26.3 Å². The largest absolute Gasteiger partial charge is 0.449 e. The van der Waals surface area contributed by atoms with Crippen molar-refractivity contribution in [1.29, 1.82) is 0 Å². The number of carbonyl (C=O) groups excluding carboxylic acids is 7. The molecule has 1 saturated carbocycles. The van der Waals surface area contributed by atoms with Crippen molar-refractivity contribution in [1.82, 2.24) is 26.2 Å². The van der Waals surface area contributed by atoms with Gasteiger partial charge < -0.3 is 46.1 Å². The van der Waals surface area contributed by atoms with Gasteiger partial charge in [0, 0.05) is 13.0 Å². The molecular formula is C43H60N6O10. The Balaban J connectivity index is 1.43. The first kappa shape index (κ1) is 46.3. The lowest BCUT2D eigenvalue weighted by atomic mass is 9.83. The number of rotatable bonds is 22. The van der Waals surface area contributed by atoms with Crippen molar-refractivity contribution in [2.24, 2.45) is 17.6 Å². The Morgan fingerprint density at radius 3 is 2.07 bits per heavy atom. The lowest BCUT2D eigenvalue weighted by Gasteiger charge is -2.34. The summed E-state index contributed by atoms with van der Waals surface area (Å²) in [5.41, 5.74) is 7.20. The molecule has 2 aromatic carbocycles. The number of hydrogen-bond acceptors (Lipinski definition) is 10. The average Bonchev–Trinajstić information content (AvgIpc) is 3.68. The second kappa shape index (κ2) is 23.9. The molecule has 1 saturated heterocycles. The van der Waals surface area contributed by atoms with E-state index in [1.165, 1.54) is 4.90 Å². The molecule has 2 fully saturated rings. The van der Waals surface area contributed by atoms with Crippen LogP contribution in [0.4, 0.5) is 4.79 Å². The van der Waals surface area contributed by atoms with E-state index in [9.17, 15) is 33.6 Å². The number of alkyl carbamates (subject to hydrolysis) is 1. The van der Waals surface area contributed by atoms with E-state index >= 15 is 0 Å². The van der Waals surface area contributed by atoms with Crippen molar-refractivity contribution >= 4 is 41.4 Å². The SMILES string of the molecule is CCCC(NC(=O)[C@@H]1C[C@@H](OCc2ccccc2)CN1C(=O)C(NC(=O)OCC(C)C)C1CCCCC1)C(=O)C(=O)NCC(=O)NC(COCc1ccccc1)C(N)=O. The smallest absolute Gasteiger partial charge is 0.407 e. The summed E-state index contributed by atoms with van der Waals surface area (Å²) in [5, 5.41) is 10.2. The van der Waals surface area contributed by atoms with Gasteiger partial charge in [0.05, 0.1) is 45.1 Å². The Kier molecular flexibility index (Phi) is 18.8. The number of ketones is 1. The number of amides is 6. The van der Waals surface area contributed by atoms with Crippen molar-refractivity contribution < 1.29 is 47.8 Å². The molecule has 0 bridgehead atoms. The number of carbonyl (C=O) groups is 7. The van der Waals surface area contributed by atoms with Crippen LogP contribution in [0.3, 0.4) is 0 Å². The van der Waals surface area contributed by atoms with Gasteiger partial charge in [0.2, 0.25) is 29.4 Å². The van der Waals surface area contributed by atoms with Crippen LogP contribution in [0.15, 0.2) is 60.7 Å². The first-order valence-electron chi connectivity index (χ1n) is 20.6. The Hall–Kier alpha value is -5.35. The zero-order valence-electron chi connectivity index (χ0n) is 34.3. The molecule has 16 heteroatoms. The fourth-order valence-electron chi connectivity index (χ4n) is 7.18. The lowest BCUT2D eigenvalue weighted by molar-refractivity contribution is -0.143. The molecule has 2 aliphatic rings. The number of primary amides is 1. The van der Waals surface area contributed by atoms with Gasteiger partial charge in [-0.2, -0.15) is 0 Å². The zero-order valence-corrected chi connectivity index (χ0v) is 34.3. The molecule has 6 amide bonds. The molecule has 4 rings (SSSR count). The normalized spacial score (nSPS) is 18.3. The van der Waals surface area contributed by atoms with Gasteiger partial charge in [0.15, 0.2) is 0 Å². The number of Topliss-reactive ketones (excluding diaryl/α,β-unsaturated/α-hetero) is 1. The molecule has 0 aromatic heterocycles. The number of benzene rings is 2. The van der Waals surface area contributed by atoms with Gasteiger partial charge in [-0.3, -0.25) is 28.8 Å². The molecule has 1 aliphatic carbocycles. The first-order valence-corrected chi connectivity index (χ1v) is 20.6. The second-order valence-corrected chi connectivity index (χ2v) is 15.6. The molecule has 1 heterocycles. The third-order valence-electron chi connectivity index (χ3n) is 10.3. The fraction of sp³-hybridized carbons (Fsp3) is 0.558. The maximum Gasteiger partial charge on any atom is 0.407 e. The number of hydrogen-bond donors (Lipinski definition) is 5. The van der Waals surface area contributed by atoms with E-state index in [2.05, 4.69) is 21.3 Å². The quantitative estimate of drug-likeness (QED) is 0.109. The Morgan fingerprint density at radius 2 is 1.46 bits per heavy atom. The summed E-state index contributed by atoms with van der Waals surface area (Å²) in [7, 11) is 0. The number of ether oxygens (including phenoxy) is 3. The van der Waals surface area contributed by atoms with E-state index in [4.69, 9.17) is 19.9 Å². The van der Waals surface area contributed by atoms with Crippen LogP contribution in [-0.2, 0) is 56.2 Å². The molecule has 3 unspecified atom stereocenters. The molecule has 322 valence electrons. The van der Waals surface area contributed by atoms with E-state index < -0.39 is 78.2 Å². The summed E-state index contributed by atoms with van der Waals surface area (Å²) in [6.45, 7) is 5.36. The summed E-state index contributed by atoms with van der Waals surface area (Å²) in [6, 6.07) is 14.1. The summed E-state index contributed by atoms with van der Waals surface area (Å²) >= 11 is 0. The maximum absolute atomic E-state index is 14.5. The van der Waals surface area contributed by atoms with E-state index in [0.717, 1.165) is 30.4 Å². The average molecular weight is 821 g/mol. The molecular weight excluding hydrogens is 761 g/mol. The number of nitrogens with one attached hydrogen (secondary N) is 4. The van der Waals surface area contributed by atoms with Crippen LogP contribution in [0.2, 0.25) is 0 Å². The van der Waals surface area contributed by atoms with Gasteiger partial charge in [0.1, 0.15) is 18.1 Å². The highest BCUT2D eigenvalue weighted by Crippen LogP contribution is 2.30. The molecule has 59 heavy (non-hydrogen) atoms. The summed E-state index contributed by atoms with van der Waals surface area (Å²) < 4.78 is 17.1. The molecule has 0 radical (unpaired) electrons. The van der Waals surface area contributed by atoms with Crippen LogP contribution in [-0.4, -0.2) is 103 Å². The zero-order chi connectivity index (χ0) is 42.7. The highest BCUT2D eigenvalue weighted by molar-refractivity contribution is 6.38. The van der Waals surface area contributed by atoms with Crippen molar-refractivity contribution in [3.05, 3.63) is 71.8 Å². The minimum Gasteiger partial charge on any atom is -0.449 e. The molecule has 16 nitrogen and oxygen atoms in total. The first-order chi connectivity index (χ1) is 28.4. The maximum atomic E-state index is 14.5. The lowest BCUT2D eigenvalue weighted by Crippen LogP contribution is -2.58. The van der Waals surface area contributed by atoms with Crippen LogP contribution in [0.1, 0.15) is 83.3 Å². The third-order valence-corrected chi connectivity index (χ3v) is 10.3. The van der Waals surface area contributed by atoms with Crippen LogP contribution in [0.5, 0.6) is 0 Å². The monoisotopic (exact) mass is 820 g/mol. The Bertz CT molecular complexity index is 1700. The van der Waals surface area contributed by atoms with E-state index in [0.29, 0.717) is 19.3 Å². The van der Waals surface area contributed by atoms with Crippen LogP contribution in [0.25, 0.3) is 0 Å². The summed E-state index contributed by atoms with van der Waals surface area (Å²) in [5.74, 6) is -4.96. The minimum absolute atomic E-state index is 0.0568. The highest BCUT2D eigenvalue weighted by atomic mass is 16.5. The molecule has 1 aliphatic heterocycles. The van der Waals surface area contributed by atoms with E-state index in [-0.39, 0.29) is 57.6 Å². The van der Waals surface area contributed by atoms with Crippen LogP contribution < -0.4 is 27.0 Å². The van der Waals surface area contributed by atoms with Gasteiger partial charge in [-0.25, -0.2) is 4.79 Å². The standard InChI is InChI=1S/C43H60N6O10/c1-4-14-33(38(51)41(54)45-22-36(50)46-34(39(44)52)27-57-25-29-15-8-5-9-16-29)47-40(53)35-21-32(58-26-30-17-10-6-11-18-30)23-49(35)42(55)37(31-19-12-7-13-20-31)48-43(56)59-24-28(2)3/h5-6,8-11,15-18,28,31-35,37H,4,7,12-14,19-27H2,1-3H3,(H2,44,52)(H,45,54)(H,46,50)(H,47,53)(H,48,56)/t32-,33?,34?,35+,37?/m1/s1. The van der Waals surface area contributed by atoms with Crippen molar-refractivity contribution in [3.8, 4) is 0 Å². The Morgan fingerprint density at radius 1 is 0.814 bits per heavy atom. The van der Waals surface area contributed by atoms with E-state index in [1.54, 1.807) is 6.92 Å². The van der Waals surface area contributed by atoms with Gasteiger partial charge in [0.25, 0.3) is 5.91 Å². The predicted octanol–water partition coefficient (Wildman–Crippen LogP) is 2.66. The summed E-state index contributed by atoms with van der Waals surface area (Å²) in [6.07, 6.45) is 3.57. The topological polar surface area (TPSA) is 225 Å². The Labute approximate surface area is 346 Å². The highest BCUT2D eigenvalue weighted by Gasteiger charge is 2.45. The van der Waals surface area contributed by atoms with Crippen molar-refractivity contribution in [3.63, 3.8) is 0 Å². The third kappa shape index (κ3) is 15.1. The number of nitrogens with two attached hydrogens (primary N) is 1. The van der Waals surface area contributed by atoms with E-state index in [1.807, 2.05) is 74.5 Å². The van der Waals surface area contributed by atoms with Gasteiger partial charge >= 0.3 is 6.09 Å². The number of nitrogens with zero attached hydrogens (tertiary/aromatic N) is 1. The molecule has 2 aromatic rings. The van der Waals surface area contributed by atoms with Gasteiger partial charge in [-0.15, -0.1) is 0 Å². The molecule has 6 N–H and O–H groups in total. The number of likely N-dealkylation sites (tertiary alicyclic amines) is 1. The molecule has 5 atom stereocenters. The molecule has 0 spiro atoms. The fourth-order valence-corrected chi connectivity index (χ4v) is 7.18. The van der Waals surface area contributed by atoms with Gasteiger partial charge in [-0.1, -0.05) is 107 Å². The van der Waals surface area contributed by atoms with Crippen LogP contribution >= 0.6 is 0 Å². The summed E-state index contributed by atoms with van der Waals surface area (Å²) in [4.78, 5) is 94.2. The predicted molar refractivity (Wildman–Crippen MR) is 217 cm³/mol. The second-order valence-electron chi connectivity index (χ2n) is 15.6.